The lowest BCUT2D eigenvalue weighted by Crippen LogP contribution is -2.04. The van der Waals surface area contributed by atoms with Crippen LogP contribution in [0.1, 0.15) is 26.2 Å². The highest BCUT2D eigenvalue weighted by Crippen LogP contribution is 2.26. The number of ether oxygens (including phenoxy) is 1. The van der Waals surface area contributed by atoms with Crippen LogP contribution in [0.25, 0.3) is 0 Å². The zero-order chi connectivity index (χ0) is 14.9. The molecule has 0 atom stereocenters. The second-order valence-corrected chi connectivity index (χ2v) is 4.75. The summed E-state index contributed by atoms with van der Waals surface area (Å²) in [4.78, 5) is 8.46. The molecule has 5 nitrogen and oxygen atoms in total. The van der Waals surface area contributed by atoms with Gasteiger partial charge in [0.1, 0.15) is 23.7 Å². The summed E-state index contributed by atoms with van der Waals surface area (Å²) in [6.07, 6.45) is 5.14. The Kier molecular flexibility index (Phi) is 5.82. The van der Waals surface area contributed by atoms with Gasteiger partial charge in [-0.25, -0.2) is 9.97 Å². The Morgan fingerprint density at radius 2 is 1.90 bits per heavy atom. The number of para-hydroxylation sites is 2. The van der Waals surface area contributed by atoms with Gasteiger partial charge >= 0.3 is 0 Å². The largest absolute Gasteiger partial charge is 0.495 e. The van der Waals surface area contributed by atoms with Crippen LogP contribution >= 0.6 is 0 Å². The molecule has 0 saturated heterocycles. The maximum atomic E-state index is 5.32. The number of nitrogens with zero attached hydrogens (tertiary/aromatic N) is 2. The highest BCUT2D eigenvalue weighted by Gasteiger charge is 2.03. The zero-order valence-corrected chi connectivity index (χ0v) is 12.6. The molecule has 112 valence electrons. The lowest BCUT2D eigenvalue weighted by atomic mass is 10.2. The van der Waals surface area contributed by atoms with Crippen molar-refractivity contribution >= 4 is 17.3 Å². The summed E-state index contributed by atoms with van der Waals surface area (Å²) < 4.78 is 5.32. The Morgan fingerprint density at radius 1 is 1.10 bits per heavy atom. The summed E-state index contributed by atoms with van der Waals surface area (Å²) in [5.74, 6) is 2.36. The molecule has 2 rings (SSSR count). The van der Waals surface area contributed by atoms with E-state index in [1.54, 1.807) is 13.4 Å². The van der Waals surface area contributed by atoms with Crippen LogP contribution in [0.5, 0.6) is 5.75 Å². The number of nitrogens with one attached hydrogen (secondary N) is 2. The van der Waals surface area contributed by atoms with Gasteiger partial charge in [0.05, 0.1) is 12.8 Å². The van der Waals surface area contributed by atoms with Crippen LogP contribution in [0.15, 0.2) is 36.7 Å². The minimum absolute atomic E-state index is 0.743. The van der Waals surface area contributed by atoms with E-state index < -0.39 is 0 Å². The topological polar surface area (TPSA) is 59.1 Å². The summed E-state index contributed by atoms with van der Waals surface area (Å²) in [5.41, 5.74) is 0.885. The van der Waals surface area contributed by atoms with Crippen molar-refractivity contribution in [2.24, 2.45) is 0 Å². The van der Waals surface area contributed by atoms with Crippen molar-refractivity contribution in [3.63, 3.8) is 0 Å². The van der Waals surface area contributed by atoms with E-state index >= 15 is 0 Å². The minimum Gasteiger partial charge on any atom is -0.495 e. The average Bonchev–Trinajstić information content (AvgIpc) is 2.52. The summed E-state index contributed by atoms with van der Waals surface area (Å²) in [5, 5.41) is 6.56. The van der Waals surface area contributed by atoms with Gasteiger partial charge in [-0.05, 0) is 18.6 Å². The average molecular weight is 286 g/mol. The van der Waals surface area contributed by atoms with E-state index in [9.17, 15) is 0 Å². The normalized spacial score (nSPS) is 10.2. The molecule has 2 N–H and O–H groups in total. The number of aromatic nitrogens is 2. The Morgan fingerprint density at radius 3 is 2.71 bits per heavy atom. The molecule has 1 aromatic carbocycles. The SMILES string of the molecule is CCCCCNc1cc(Nc2ccccc2OC)ncn1. The van der Waals surface area contributed by atoms with Gasteiger partial charge in [0, 0.05) is 12.6 Å². The van der Waals surface area contributed by atoms with E-state index in [-0.39, 0.29) is 0 Å². The maximum Gasteiger partial charge on any atom is 0.142 e. The van der Waals surface area contributed by atoms with Crippen molar-refractivity contribution in [1.82, 2.24) is 9.97 Å². The van der Waals surface area contributed by atoms with Gasteiger partial charge in [-0.3, -0.25) is 0 Å². The van der Waals surface area contributed by atoms with Gasteiger partial charge < -0.3 is 15.4 Å². The van der Waals surface area contributed by atoms with Crippen LogP contribution in [0.2, 0.25) is 0 Å². The third-order valence-corrected chi connectivity index (χ3v) is 3.12. The fourth-order valence-corrected chi connectivity index (χ4v) is 2.00. The van der Waals surface area contributed by atoms with Gasteiger partial charge in [0.2, 0.25) is 0 Å². The van der Waals surface area contributed by atoms with Gasteiger partial charge in [-0.2, -0.15) is 0 Å². The fourth-order valence-electron chi connectivity index (χ4n) is 2.00. The predicted octanol–water partition coefficient (Wildman–Crippen LogP) is 3.83. The molecule has 0 saturated carbocycles. The smallest absolute Gasteiger partial charge is 0.142 e. The van der Waals surface area contributed by atoms with Crippen molar-refractivity contribution in [2.45, 2.75) is 26.2 Å². The summed E-state index contributed by atoms with van der Waals surface area (Å²) in [6, 6.07) is 9.65. The molecule has 1 aromatic heterocycles. The lowest BCUT2D eigenvalue weighted by Gasteiger charge is -2.11. The van der Waals surface area contributed by atoms with Gasteiger partial charge in [0.25, 0.3) is 0 Å². The number of hydrogen-bond donors (Lipinski definition) is 2. The minimum atomic E-state index is 0.743. The second kappa shape index (κ2) is 8.09. The summed E-state index contributed by atoms with van der Waals surface area (Å²) in [7, 11) is 1.65. The Bertz CT molecular complexity index is 559. The Hall–Kier alpha value is -2.30. The third kappa shape index (κ3) is 4.63. The molecule has 0 unspecified atom stereocenters. The molecule has 1 heterocycles. The fraction of sp³-hybridized carbons (Fsp3) is 0.375. The van der Waals surface area contributed by atoms with E-state index in [1.807, 2.05) is 30.3 Å². The summed E-state index contributed by atoms with van der Waals surface area (Å²) >= 11 is 0. The second-order valence-electron chi connectivity index (χ2n) is 4.75. The van der Waals surface area contributed by atoms with Crippen molar-refractivity contribution in [1.29, 1.82) is 0 Å². The number of methoxy groups -OCH3 is 1. The molecule has 0 amide bonds. The van der Waals surface area contributed by atoms with Gasteiger partial charge in [-0.1, -0.05) is 31.9 Å². The first-order chi connectivity index (χ1) is 10.3. The highest BCUT2D eigenvalue weighted by molar-refractivity contribution is 5.65. The molecule has 0 aliphatic heterocycles. The number of anilines is 3. The zero-order valence-electron chi connectivity index (χ0n) is 12.6. The lowest BCUT2D eigenvalue weighted by molar-refractivity contribution is 0.417. The van der Waals surface area contributed by atoms with Crippen LogP contribution in [0.3, 0.4) is 0 Å². The van der Waals surface area contributed by atoms with E-state index in [2.05, 4.69) is 27.5 Å². The van der Waals surface area contributed by atoms with Gasteiger partial charge in [0.15, 0.2) is 0 Å². The molecule has 0 aliphatic rings. The van der Waals surface area contributed by atoms with Crippen molar-refractivity contribution in [3.05, 3.63) is 36.7 Å². The van der Waals surface area contributed by atoms with Crippen molar-refractivity contribution in [2.75, 3.05) is 24.3 Å². The monoisotopic (exact) mass is 286 g/mol. The molecule has 0 radical (unpaired) electrons. The molecule has 0 bridgehead atoms. The number of rotatable bonds is 8. The molecule has 21 heavy (non-hydrogen) atoms. The van der Waals surface area contributed by atoms with E-state index in [1.165, 1.54) is 12.8 Å². The molecule has 5 heteroatoms. The third-order valence-electron chi connectivity index (χ3n) is 3.12. The first-order valence-electron chi connectivity index (χ1n) is 7.29. The number of unbranched alkanes of at least 4 members (excludes halogenated alkanes) is 2. The first-order valence-corrected chi connectivity index (χ1v) is 7.29. The molecular weight excluding hydrogens is 264 g/mol. The summed E-state index contributed by atoms with van der Waals surface area (Å²) in [6.45, 7) is 3.12. The molecule has 0 aliphatic carbocycles. The Labute approximate surface area is 125 Å². The van der Waals surface area contributed by atoms with Crippen LogP contribution in [0.4, 0.5) is 17.3 Å². The van der Waals surface area contributed by atoms with E-state index in [4.69, 9.17) is 4.74 Å². The number of hydrogen-bond acceptors (Lipinski definition) is 5. The molecule has 0 fully saturated rings. The standard InChI is InChI=1S/C16H22N4O/c1-3-4-7-10-17-15-11-16(19-12-18-15)20-13-8-5-6-9-14(13)21-2/h5-6,8-9,11-12H,3-4,7,10H2,1-2H3,(H2,17,18,19,20). The number of benzene rings is 1. The predicted molar refractivity (Wildman–Crippen MR) is 86.3 cm³/mol. The van der Waals surface area contributed by atoms with Crippen LogP contribution in [-0.4, -0.2) is 23.6 Å². The first kappa shape index (κ1) is 15.1. The molecular formula is C16H22N4O. The van der Waals surface area contributed by atoms with Crippen LogP contribution in [0, 0.1) is 0 Å². The van der Waals surface area contributed by atoms with Crippen LogP contribution < -0.4 is 15.4 Å². The quantitative estimate of drug-likeness (QED) is 0.722. The van der Waals surface area contributed by atoms with E-state index in [0.29, 0.717) is 0 Å². The highest BCUT2D eigenvalue weighted by atomic mass is 16.5. The maximum absolute atomic E-state index is 5.32. The van der Waals surface area contributed by atoms with Crippen LogP contribution in [-0.2, 0) is 0 Å². The molecule has 2 aromatic rings. The van der Waals surface area contributed by atoms with Crippen molar-refractivity contribution < 1.29 is 4.74 Å². The van der Waals surface area contributed by atoms with E-state index in [0.717, 1.165) is 36.0 Å². The molecule has 0 spiro atoms. The Balaban J connectivity index is 2.00. The van der Waals surface area contributed by atoms with Gasteiger partial charge in [-0.15, -0.1) is 0 Å². The van der Waals surface area contributed by atoms with Crippen molar-refractivity contribution in [3.8, 4) is 5.75 Å².